The molecule has 7 heteroatoms. The Labute approximate surface area is 116 Å². The van der Waals surface area contributed by atoms with Crippen molar-refractivity contribution in [3.05, 3.63) is 22.9 Å². The van der Waals surface area contributed by atoms with Gasteiger partial charge in [-0.2, -0.15) is 4.31 Å². The molecule has 0 spiro atoms. The predicted molar refractivity (Wildman–Crippen MR) is 72.7 cm³/mol. The molecule has 0 amide bonds. The van der Waals surface area contributed by atoms with E-state index in [2.05, 4.69) is 20.9 Å². The minimum Gasteiger partial charge on any atom is -0.396 e. The fourth-order valence-corrected chi connectivity index (χ4v) is 3.73. The third kappa shape index (κ3) is 3.74. The highest BCUT2D eigenvalue weighted by Gasteiger charge is 2.26. The fourth-order valence-electron chi connectivity index (χ4n) is 1.55. The van der Waals surface area contributed by atoms with Crippen molar-refractivity contribution in [3.8, 4) is 0 Å². The van der Waals surface area contributed by atoms with E-state index < -0.39 is 10.0 Å². The van der Waals surface area contributed by atoms with Gasteiger partial charge in [-0.15, -0.1) is 0 Å². The molecule has 1 rings (SSSR count). The number of hydrogen-bond donors (Lipinski definition) is 1. The van der Waals surface area contributed by atoms with E-state index in [1.165, 1.54) is 22.8 Å². The van der Waals surface area contributed by atoms with Crippen molar-refractivity contribution in [1.82, 2.24) is 9.29 Å². The van der Waals surface area contributed by atoms with Crippen molar-refractivity contribution in [2.24, 2.45) is 0 Å². The van der Waals surface area contributed by atoms with E-state index in [0.29, 0.717) is 17.4 Å². The smallest absolute Gasteiger partial charge is 0.244 e. The number of rotatable bonds is 6. The Balaban J connectivity index is 3.09. The molecule has 1 N–H and O–H groups in total. The molecule has 0 fully saturated rings. The molecule has 18 heavy (non-hydrogen) atoms. The molecule has 0 atom stereocenters. The second-order valence-electron chi connectivity index (χ2n) is 4.13. The van der Waals surface area contributed by atoms with E-state index in [9.17, 15) is 8.42 Å². The maximum atomic E-state index is 12.4. The van der Waals surface area contributed by atoms with Gasteiger partial charge in [-0.3, -0.25) is 4.98 Å². The summed E-state index contributed by atoms with van der Waals surface area (Å²) in [5.74, 6) is 0. The highest BCUT2D eigenvalue weighted by atomic mass is 79.9. The van der Waals surface area contributed by atoms with Crippen LogP contribution in [0.2, 0.25) is 0 Å². The van der Waals surface area contributed by atoms with E-state index >= 15 is 0 Å². The van der Waals surface area contributed by atoms with Crippen LogP contribution in [0.5, 0.6) is 0 Å². The van der Waals surface area contributed by atoms with Crippen LogP contribution in [0.3, 0.4) is 0 Å². The molecule has 0 radical (unpaired) electrons. The van der Waals surface area contributed by atoms with Crippen LogP contribution >= 0.6 is 15.9 Å². The van der Waals surface area contributed by atoms with Crippen LogP contribution in [0.1, 0.15) is 20.3 Å². The fraction of sp³-hybridized carbons (Fsp3) is 0.545. The highest BCUT2D eigenvalue weighted by Crippen LogP contribution is 2.20. The predicted octanol–water partition coefficient (Wildman–Crippen LogP) is 1.63. The van der Waals surface area contributed by atoms with Gasteiger partial charge in [-0.05, 0) is 42.3 Å². The first kappa shape index (κ1) is 15.6. The van der Waals surface area contributed by atoms with Gasteiger partial charge in [0.2, 0.25) is 10.0 Å². The Hall–Kier alpha value is -0.500. The van der Waals surface area contributed by atoms with Gasteiger partial charge >= 0.3 is 0 Å². The number of hydrogen-bond acceptors (Lipinski definition) is 4. The average Bonchev–Trinajstić information content (AvgIpc) is 2.28. The molecule has 1 heterocycles. The van der Waals surface area contributed by atoms with E-state index in [-0.39, 0.29) is 17.5 Å². The van der Waals surface area contributed by atoms with Crippen LogP contribution in [0.4, 0.5) is 0 Å². The first-order valence-corrected chi connectivity index (χ1v) is 7.86. The molecular weight excluding hydrogens is 320 g/mol. The lowest BCUT2D eigenvalue weighted by atomic mass is 10.3. The van der Waals surface area contributed by atoms with Crippen LogP contribution in [-0.4, -0.2) is 42.0 Å². The Morgan fingerprint density at radius 1 is 1.44 bits per heavy atom. The van der Waals surface area contributed by atoms with Gasteiger partial charge < -0.3 is 5.11 Å². The number of aromatic nitrogens is 1. The summed E-state index contributed by atoms with van der Waals surface area (Å²) in [4.78, 5) is 4.03. The molecule has 0 saturated carbocycles. The quantitative estimate of drug-likeness (QED) is 0.856. The highest BCUT2D eigenvalue weighted by molar-refractivity contribution is 9.10. The van der Waals surface area contributed by atoms with Crippen molar-refractivity contribution >= 4 is 26.0 Å². The van der Waals surface area contributed by atoms with Crippen LogP contribution < -0.4 is 0 Å². The summed E-state index contributed by atoms with van der Waals surface area (Å²) in [6.45, 7) is 3.87. The zero-order chi connectivity index (χ0) is 13.8. The zero-order valence-electron chi connectivity index (χ0n) is 10.4. The van der Waals surface area contributed by atoms with Crippen molar-refractivity contribution in [3.63, 3.8) is 0 Å². The summed E-state index contributed by atoms with van der Waals surface area (Å²) < 4.78 is 26.8. The minimum absolute atomic E-state index is 0.0323. The van der Waals surface area contributed by atoms with Crippen LogP contribution in [-0.2, 0) is 10.0 Å². The lowest BCUT2D eigenvalue weighted by Crippen LogP contribution is -2.38. The Kier molecular flexibility index (Phi) is 5.71. The van der Waals surface area contributed by atoms with Crippen molar-refractivity contribution in [2.45, 2.75) is 31.2 Å². The summed E-state index contributed by atoms with van der Waals surface area (Å²) in [5.41, 5.74) is 0. The Morgan fingerprint density at radius 3 is 2.61 bits per heavy atom. The van der Waals surface area contributed by atoms with Gasteiger partial charge in [0, 0.05) is 36.1 Å². The molecule has 1 aromatic heterocycles. The first-order chi connectivity index (χ1) is 8.39. The number of pyridine rings is 1. The zero-order valence-corrected chi connectivity index (χ0v) is 12.8. The second kappa shape index (κ2) is 6.60. The molecule has 1 aromatic rings. The van der Waals surface area contributed by atoms with E-state index in [0.717, 1.165) is 0 Å². The monoisotopic (exact) mass is 336 g/mol. The number of sulfonamides is 1. The van der Waals surface area contributed by atoms with Crippen molar-refractivity contribution < 1.29 is 13.5 Å². The molecule has 0 aliphatic heterocycles. The lowest BCUT2D eigenvalue weighted by molar-refractivity contribution is 0.258. The molecule has 5 nitrogen and oxygen atoms in total. The number of nitrogens with zero attached hydrogens (tertiary/aromatic N) is 2. The average molecular weight is 337 g/mol. The molecule has 0 aliphatic rings. The maximum absolute atomic E-state index is 12.4. The first-order valence-electron chi connectivity index (χ1n) is 5.63. The summed E-state index contributed by atoms with van der Waals surface area (Å²) in [6.07, 6.45) is 3.28. The molecule has 0 unspecified atom stereocenters. The van der Waals surface area contributed by atoms with E-state index in [1.807, 2.05) is 0 Å². The maximum Gasteiger partial charge on any atom is 0.244 e. The summed E-state index contributed by atoms with van der Waals surface area (Å²) in [5, 5.41) is 8.84. The lowest BCUT2D eigenvalue weighted by Gasteiger charge is -2.25. The normalized spacial score (nSPS) is 12.3. The summed E-state index contributed by atoms with van der Waals surface area (Å²) in [6, 6.07) is 1.36. The van der Waals surface area contributed by atoms with Gasteiger partial charge in [-0.25, -0.2) is 8.42 Å². The summed E-state index contributed by atoms with van der Waals surface area (Å²) >= 11 is 3.21. The molecule has 0 aromatic carbocycles. The molecular formula is C11H17BrN2O3S. The van der Waals surface area contributed by atoms with Gasteiger partial charge in [0.15, 0.2) is 0 Å². The minimum atomic E-state index is -3.57. The molecule has 102 valence electrons. The number of aliphatic hydroxyl groups is 1. The van der Waals surface area contributed by atoms with Crippen molar-refractivity contribution in [2.75, 3.05) is 13.2 Å². The van der Waals surface area contributed by atoms with Gasteiger partial charge in [0.25, 0.3) is 0 Å². The van der Waals surface area contributed by atoms with E-state index in [1.54, 1.807) is 13.8 Å². The Bertz CT molecular complexity index is 491. The molecule has 0 aliphatic carbocycles. The van der Waals surface area contributed by atoms with Crippen molar-refractivity contribution in [1.29, 1.82) is 0 Å². The molecule has 0 bridgehead atoms. The summed E-state index contributed by atoms with van der Waals surface area (Å²) in [7, 11) is -3.57. The third-order valence-electron chi connectivity index (χ3n) is 2.40. The van der Waals surface area contributed by atoms with E-state index in [4.69, 9.17) is 5.11 Å². The largest absolute Gasteiger partial charge is 0.396 e. The SMILES string of the molecule is CC(C)N(CCCO)S(=O)(=O)c1cncc(Br)c1. The van der Waals surface area contributed by atoms with Gasteiger partial charge in [0.05, 0.1) is 0 Å². The number of halogens is 1. The Morgan fingerprint density at radius 2 is 2.11 bits per heavy atom. The van der Waals surface area contributed by atoms with Crippen LogP contribution in [0, 0.1) is 0 Å². The third-order valence-corrected chi connectivity index (χ3v) is 4.87. The standard InChI is InChI=1S/C11H17BrN2O3S/c1-9(2)14(4-3-5-15)18(16,17)11-6-10(12)7-13-8-11/h6-9,15H,3-5H2,1-2H3. The van der Waals surface area contributed by atoms with Gasteiger partial charge in [0.1, 0.15) is 4.90 Å². The number of aliphatic hydroxyl groups excluding tert-OH is 1. The molecule has 0 saturated heterocycles. The van der Waals surface area contributed by atoms with Crippen LogP contribution in [0.25, 0.3) is 0 Å². The second-order valence-corrected chi connectivity index (χ2v) is 6.93. The van der Waals surface area contributed by atoms with Crippen LogP contribution in [0.15, 0.2) is 27.8 Å². The van der Waals surface area contributed by atoms with Gasteiger partial charge in [-0.1, -0.05) is 0 Å². The topological polar surface area (TPSA) is 70.5 Å².